The Morgan fingerprint density at radius 2 is 1.81 bits per heavy atom. The highest BCUT2D eigenvalue weighted by atomic mass is 19.4. The minimum Gasteiger partial charge on any atom is -0.298 e. The monoisotopic (exact) mass is 583 g/mol. The molecule has 3 aromatic rings. The van der Waals surface area contributed by atoms with Crippen LogP contribution in [0.4, 0.5) is 13.2 Å². The predicted molar refractivity (Wildman–Crippen MR) is 150 cm³/mol. The molecule has 224 valence electrons. The number of hydrogen-bond donors (Lipinski definition) is 2. The summed E-state index contributed by atoms with van der Waals surface area (Å²) in [6, 6.07) is 5.93. The van der Waals surface area contributed by atoms with Crippen LogP contribution in [-0.2, 0) is 20.8 Å². The van der Waals surface area contributed by atoms with Gasteiger partial charge in [-0.1, -0.05) is 69.4 Å². The van der Waals surface area contributed by atoms with Gasteiger partial charge >= 0.3 is 6.18 Å². The zero-order chi connectivity index (χ0) is 30.1. The van der Waals surface area contributed by atoms with Gasteiger partial charge in [0.05, 0.1) is 6.04 Å². The molecule has 8 nitrogen and oxygen atoms in total. The number of aromatic amines is 1. The first-order valence-corrected chi connectivity index (χ1v) is 14.4. The number of nitrogens with one attached hydrogen (secondary N) is 2. The first kappa shape index (κ1) is 31.2. The lowest BCUT2D eigenvalue weighted by molar-refractivity contribution is -0.161. The largest absolute Gasteiger partial charge is 0.407 e. The topological polar surface area (TPSA) is 118 Å². The van der Waals surface area contributed by atoms with Gasteiger partial charge in [-0.3, -0.25) is 29.8 Å². The smallest absolute Gasteiger partial charge is 0.298 e. The van der Waals surface area contributed by atoms with E-state index in [0.29, 0.717) is 18.4 Å². The highest BCUT2D eigenvalue weighted by molar-refractivity contribution is 6.38. The second-order valence-corrected chi connectivity index (χ2v) is 11.0. The first-order valence-electron chi connectivity index (χ1n) is 14.4. The average molecular weight is 584 g/mol. The number of rotatable bonds is 15. The second-order valence-electron chi connectivity index (χ2n) is 11.0. The van der Waals surface area contributed by atoms with Crippen LogP contribution in [0.2, 0.25) is 0 Å². The zero-order valence-electron chi connectivity index (χ0n) is 23.6. The van der Waals surface area contributed by atoms with Crippen molar-refractivity contribution in [1.82, 2.24) is 25.5 Å². The molecule has 0 spiro atoms. The van der Waals surface area contributed by atoms with Gasteiger partial charge in [-0.15, -0.1) is 0 Å². The van der Waals surface area contributed by atoms with E-state index in [-0.39, 0.29) is 36.6 Å². The normalized spacial score (nSPS) is 16.2. The van der Waals surface area contributed by atoms with E-state index in [1.165, 1.54) is 18.5 Å². The summed E-state index contributed by atoms with van der Waals surface area (Å²) in [5, 5.41) is 8.86. The fraction of sp³-hybridized carbons (Fsp3) is 0.484. The van der Waals surface area contributed by atoms with Gasteiger partial charge in [0.1, 0.15) is 18.2 Å². The minimum absolute atomic E-state index is 0.0709. The van der Waals surface area contributed by atoms with Crippen LogP contribution in [0.5, 0.6) is 0 Å². The van der Waals surface area contributed by atoms with Gasteiger partial charge in [-0.25, -0.2) is 4.98 Å². The Morgan fingerprint density at radius 1 is 1.07 bits per heavy atom. The van der Waals surface area contributed by atoms with Gasteiger partial charge < -0.3 is 0 Å². The Hall–Kier alpha value is -3.73. The maximum absolute atomic E-state index is 14.4. The fourth-order valence-electron chi connectivity index (χ4n) is 5.63. The zero-order valence-corrected chi connectivity index (χ0v) is 23.6. The highest BCUT2D eigenvalue weighted by Gasteiger charge is 2.43. The van der Waals surface area contributed by atoms with Crippen molar-refractivity contribution in [3.8, 4) is 11.1 Å². The molecule has 11 heteroatoms. The molecule has 4 rings (SSSR count). The van der Waals surface area contributed by atoms with E-state index < -0.39 is 41.5 Å². The van der Waals surface area contributed by atoms with E-state index in [2.05, 4.69) is 25.5 Å². The molecule has 1 saturated carbocycles. The first-order chi connectivity index (χ1) is 20.2. The summed E-state index contributed by atoms with van der Waals surface area (Å²) < 4.78 is 43.3. The van der Waals surface area contributed by atoms with Crippen LogP contribution in [0.25, 0.3) is 11.1 Å². The Bertz CT molecular complexity index is 1310. The lowest BCUT2D eigenvalue weighted by atomic mass is 9.85. The van der Waals surface area contributed by atoms with E-state index in [1.54, 1.807) is 36.7 Å². The molecule has 42 heavy (non-hydrogen) atoms. The molecule has 1 aromatic carbocycles. The summed E-state index contributed by atoms with van der Waals surface area (Å²) in [5.41, 5.74) is 1.39. The highest BCUT2D eigenvalue weighted by Crippen LogP contribution is 2.35. The summed E-state index contributed by atoms with van der Waals surface area (Å²) >= 11 is 0. The summed E-state index contributed by atoms with van der Waals surface area (Å²) in [6.45, 7) is 1.84. The van der Waals surface area contributed by atoms with Gasteiger partial charge in [0.25, 0.3) is 0 Å². The van der Waals surface area contributed by atoms with Gasteiger partial charge in [-0.2, -0.15) is 18.3 Å². The maximum Gasteiger partial charge on any atom is 0.407 e. The standard InChI is InChI=1S/C31H36F3N5O3/c1-2-6-23(29(42)27(41)15-20-7-3-4-8-20)16-26(40)25(17-28-36-19-37-39-28)38-30(31(32,33)34)22-12-10-21(11-13-22)24-9-5-14-35-18-24/h5,9-14,18-20,23,25,30,38H,2-4,6-8,15-17H2,1H3,(H,36,37,39)/t23-,25+,30+/m1/s1. The number of carbonyl (C=O) groups excluding carboxylic acids is 3. The van der Waals surface area contributed by atoms with Crippen LogP contribution in [0.15, 0.2) is 55.1 Å². The molecule has 0 aliphatic heterocycles. The maximum atomic E-state index is 14.4. The van der Waals surface area contributed by atoms with Crippen molar-refractivity contribution in [3.05, 3.63) is 66.5 Å². The summed E-state index contributed by atoms with van der Waals surface area (Å²) in [5.74, 6) is -2.16. The van der Waals surface area contributed by atoms with Gasteiger partial charge in [0.15, 0.2) is 11.6 Å². The Labute approximate surface area is 242 Å². The van der Waals surface area contributed by atoms with Gasteiger partial charge in [0.2, 0.25) is 5.78 Å². The van der Waals surface area contributed by atoms with Crippen LogP contribution < -0.4 is 5.32 Å². The third-order valence-electron chi connectivity index (χ3n) is 7.86. The Morgan fingerprint density at radius 3 is 2.40 bits per heavy atom. The van der Waals surface area contributed by atoms with Crippen molar-refractivity contribution < 1.29 is 27.6 Å². The number of hydrogen-bond acceptors (Lipinski definition) is 7. The van der Waals surface area contributed by atoms with Crippen molar-refractivity contribution in [1.29, 1.82) is 0 Å². The lowest BCUT2D eigenvalue weighted by Crippen LogP contribution is -2.47. The summed E-state index contributed by atoms with van der Waals surface area (Å²) in [7, 11) is 0. The second kappa shape index (κ2) is 14.4. The molecule has 0 saturated heterocycles. The molecule has 0 amide bonds. The molecular weight excluding hydrogens is 547 g/mol. The number of H-pyrrole nitrogens is 1. The Balaban J connectivity index is 1.54. The summed E-state index contributed by atoms with van der Waals surface area (Å²) in [4.78, 5) is 47.5. The van der Waals surface area contributed by atoms with Crippen LogP contribution in [-0.4, -0.2) is 49.7 Å². The molecule has 2 aromatic heterocycles. The number of alkyl halides is 3. The van der Waals surface area contributed by atoms with Crippen molar-refractivity contribution in [2.24, 2.45) is 11.8 Å². The van der Waals surface area contributed by atoms with E-state index in [1.807, 2.05) is 6.92 Å². The van der Waals surface area contributed by atoms with Crippen molar-refractivity contribution >= 4 is 17.3 Å². The van der Waals surface area contributed by atoms with E-state index in [4.69, 9.17) is 0 Å². The van der Waals surface area contributed by atoms with Gasteiger partial charge in [-0.05, 0) is 35.1 Å². The lowest BCUT2D eigenvalue weighted by Gasteiger charge is -2.28. The molecule has 0 bridgehead atoms. The van der Waals surface area contributed by atoms with Crippen molar-refractivity contribution in [2.75, 3.05) is 0 Å². The number of carbonyl (C=O) groups is 3. The Kier molecular flexibility index (Phi) is 10.7. The minimum atomic E-state index is -4.73. The number of benzene rings is 1. The van der Waals surface area contributed by atoms with Crippen LogP contribution in [0.3, 0.4) is 0 Å². The van der Waals surface area contributed by atoms with E-state index in [0.717, 1.165) is 31.2 Å². The quantitative estimate of drug-likeness (QED) is 0.218. The molecule has 0 radical (unpaired) electrons. The van der Waals surface area contributed by atoms with Gasteiger partial charge in [0, 0.05) is 37.6 Å². The number of aromatic nitrogens is 4. The van der Waals surface area contributed by atoms with Crippen LogP contribution >= 0.6 is 0 Å². The molecule has 2 heterocycles. The number of nitrogens with zero attached hydrogens (tertiary/aromatic N) is 3. The van der Waals surface area contributed by atoms with Crippen molar-refractivity contribution in [2.45, 2.75) is 83.0 Å². The molecule has 1 aliphatic carbocycles. The molecular formula is C31H36F3N5O3. The van der Waals surface area contributed by atoms with Crippen molar-refractivity contribution in [3.63, 3.8) is 0 Å². The van der Waals surface area contributed by atoms with E-state index in [9.17, 15) is 27.6 Å². The molecule has 1 aliphatic rings. The molecule has 0 unspecified atom stereocenters. The van der Waals surface area contributed by atoms with Crippen LogP contribution in [0.1, 0.15) is 75.7 Å². The van der Waals surface area contributed by atoms with E-state index >= 15 is 0 Å². The van der Waals surface area contributed by atoms with Crippen LogP contribution in [0, 0.1) is 11.8 Å². The third-order valence-corrected chi connectivity index (χ3v) is 7.86. The third kappa shape index (κ3) is 8.40. The molecule has 3 atom stereocenters. The SMILES string of the molecule is CCC[C@H](CC(=O)[C@H](Cc1ncn[nH]1)N[C@@H](c1ccc(-c2cccnc2)cc1)C(F)(F)F)C(=O)C(=O)CC1CCCC1. The predicted octanol–water partition coefficient (Wildman–Crippen LogP) is 5.77. The number of pyridine rings is 1. The fourth-order valence-corrected chi connectivity index (χ4v) is 5.63. The average Bonchev–Trinajstić information content (AvgIpc) is 3.69. The number of Topliss-reactive ketones (excluding diaryl/α,β-unsaturated/α-hetero) is 3. The summed E-state index contributed by atoms with van der Waals surface area (Å²) in [6.07, 6.45) is 4.07. The number of halogens is 3. The number of ketones is 3. The molecule has 1 fully saturated rings. The molecule has 2 N–H and O–H groups in total.